The number of aliphatic hydroxyl groups is 1. The Morgan fingerprint density at radius 3 is 2.05 bits per heavy atom. The highest BCUT2D eigenvalue weighted by atomic mass is 16.3. The van der Waals surface area contributed by atoms with E-state index in [0.29, 0.717) is 6.54 Å². The Morgan fingerprint density at radius 1 is 0.909 bits per heavy atom. The Balaban J connectivity index is 1.73. The van der Waals surface area contributed by atoms with Gasteiger partial charge in [-0.05, 0) is 55.2 Å². The van der Waals surface area contributed by atoms with Crippen molar-refractivity contribution in [2.75, 3.05) is 6.54 Å². The molecule has 118 valence electrons. The van der Waals surface area contributed by atoms with Gasteiger partial charge in [-0.3, -0.25) is 0 Å². The lowest BCUT2D eigenvalue weighted by Gasteiger charge is -2.17. The highest BCUT2D eigenvalue weighted by molar-refractivity contribution is 5.27. The lowest BCUT2D eigenvalue weighted by Crippen LogP contribution is -2.30. The summed E-state index contributed by atoms with van der Waals surface area (Å²) >= 11 is 0. The zero-order valence-corrected chi connectivity index (χ0v) is 12.7. The molecule has 0 aromatic heterocycles. The van der Waals surface area contributed by atoms with E-state index >= 15 is 0 Å². The summed E-state index contributed by atoms with van der Waals surface area (Å²) < 4.78 is 0. The first-order chi connectivity index (χ1) is 10.5. The van der Waals surface area contributed by atoms with Crippen LogP contribution in [-0.4, -0.2) is 27.9 Å². The molecule has 4 nitrogen and oxygen atoms in total. The van der Waals surface area contributed by atoms with Crippen LogP contribution >= 0.6 is 0 Å². The van der Waals surface area contributed by atoms with Crippen LogP contribution in [0.5, 0.6) is 11.5 Å². The molecule has 0 aliphatic rings. The van der Waals surface area contributed by atoms with Crippen LogP contribution in [0, 0.1) is 0 Å². The van der Waals surface area contributed by atoms with E-state index in [-0.39, 0.29) is 17.5 Å². The largest absolute Gasteiger partial charge is 0.508 e. The lowest BCUT2D eigenvalue weighted by molar-refractivity contribution is 0.170. The van der Waals surface area contributed by atoms with Gasteiger partial charge in [0, 0.05) is 12.6 Å². The highest BCUT2D eigenvalue weighted by Crippen LogP contribution is 2.16. The number of aromatic hydroxyl groups is 2. The lowest BCUT2D eigenvalue weighted by atomic mass is 10.1. The van der Waals surface area contributed by atoms with Gasteiger partial charge in [-0.2, -0.15) is 0 Å². The molecule has 0 saturated heterocycles. The van der Waals surface area contributed by atoms with Gasteiger partial charge in [0.15, 0.2) is 0 Å². The topological polar surface area (TPSA) is 72.7 Å². The third kappa shape index (κ3) is 5.06. The van der Waals surface area contributed by atoms with Gasteiger partial charge in [0.1, 0.15) is 11.5 Å². The Bertz CT molecular complexity index is 566. The van der Waals surface area contributed by atoms with E-state index in [4.69, 9.17) is 0 Å². The maximum atomic E-state index is 10.1. The fraction of sp³-hybridized carbons (Fsp3) is 0.333. The summed E-state index contributed by atoms with van der Waals surface area (Å²) in [6.45, 7) is 2.56. The quantitative estimate of drug-likeness (QED) is 0.634. The van der Waals surface area contributed by atoms with E-state index in [0.717, 1.165) is 18.4 Å². The van der Waals surface area contributed by atoms with Crippen molar-refractivity contribution in [2.24, 2.45) is 0 Å². The number of rotatable bonds is 7. The zero-order chi connectivity index (χ0) is 15.9. The summed E-state index contributed by atoms with van der Waals surface area (Å²) in [5.74, 6) is 0.484. The van der Waals surface area contributed by atoms with E-state index in [2.05, 4.69) is 12.2 Å². The van der Waals surface area contributed by atoms with Crippen molar-refractivity contribution in [3.05, 3.63) is 59.7 Å². The molecule has 4 N–H and O–H groups in total. The molecule has 0 saturated carbocycles. The van der Waals surface area contributed by atoms with Crippen molar-refractivity contribution < 1.29 is 15.3 Å². The second-order valence-electron chi connectivity index (χ2n) is 5.62. The number of aryl methyl sites for hydroxylation is 1. The van der Waals surface area contributed by atoms with Gasteiger partial charge in [0.2, 0.25) is 0 Å². The average molecular weight is 301 g/mol. The van der Waals surface area contributed by atoms with Crippen LogP contribution in [0.15, 0.2) is 48.5 Å². The van der Waals surface area contributed by atoms with Crippen LogP contribution in [-0.2, 0) is 6.42 Å². The number of phenolic OH excluding ortho intramolecular Hbond substituents is 2. The summed E-state index contributed by atoms with van der Waals surface area (Å²) in [5.41, 5.74) is 1.97. The van der Waals surface area contributed by atoms with Crippen LogP contribution < -0.4 is 5.32 Å². The zero-order valence-electron chi connectivity index (χ0n) is 12.7. The Kier molecular flexibility index (Phi) is 5.81. The molecule has 0 heterocycles. The van der Waals surface area contributed by atoms with Gasteiger partial charge in [-0.25, -0.2) is 0 Å². The summed E-state index contributed by atoms with van der Waals surface area (Å²) in [4.78, 5) is 0. The second kappa shape index (κ2) is 7.82. The Morgan fingerprint density at radius 2 is 1.45 bits per heavy atom. The molecular weight excluding hydrogens is 278 g/mol. The number of phenols is 2. The van der Waals surface area contributed by atoms with Crippen LogP contribution in [0.1, 0.15) is 30.6 Å². The molecule has 0 radical (unpaired) electrons. The molecule has 2 atom stereocenters. The van der Waals surface area contributed by atoms with Crippen molar-refractivity contribution in [1.82, 2.24) is 5.32 Å². The number of benzene rings is 2. The third-order valence-electron chi connectivity index (χ3n) is 3.74. The van der Waals surface area contributed by atoms with Crippen LogP contribution in [0.2, 0.25) is 0 Å². The first kappa shape index (κ1) is 16.3. The van der Waals surface area contributed by atoms with E-state index in [1.807, 2.05) is 12.1 Å². The molecule has 4 heteroatoms. The van der Waals surface area contributed by atoms with Crippen molar-refractivity contribution in [3.8, 4) is 11.5 Å². The van der Waals surface area contributed by atoms with Crippen molar-refractivity contribution >= 4 is 0 Å². The van der Waals surface area contributed by atoms with Gasteiger partial charge >= 0.3 is 0 Å². The average Bonchev–Trinajstić information content (AvgIpc) is 2.52. The first-order valence-corrected chi connectivity index (χ1v) is 7.53. The minimum absolute atomic E-state index is 0.200. The minimum Gasteiger partial charge on any atom is -0.508 e. The summed E-state index contributed by atoms with van der Waals surface area (Å²) in [6, 6.07) is 14.1. The molecule has 22 heavy (non-hydrogen) atoms. The minimum atomic E-state index is -0.586. The number of nitrogens with one attached hydrogen (secondary N) is 1. The van der Waals surface area contributed by atoms with Gasteiger partial charge in [0.05, 0.1) is 6.10 Å². The molecule has 2 rings (SSSR count). The SMILES string of the molecule is C[C@@H](CCc1ccc(O)cc1)NC[C@@H](O)c1ccc(O)cc1. The number of hydrogen-bond donors (Lipinski definition) is 4. The fourth-order valence-corrected chi connectivity index (χ4v) is 2.27. The second-order valence-corrected chi connectivity index (χ2v) is 5.62. The predicted molar refractivity (Wildman–Crippen MR) is 87.0 cm³/mol. The highest BCUT2D eigenvalue weighted by Gasteiger charge is 2.09. The maximum absolute atomic E-state index is 10.1. The molecule has 0 fully saturated rings. The summed E-state index contributed by atoms with van der Waals surface area (Å²) in [7, 11) is 0. The Labute approximate surface area is 131 Å². The summed E-state index contributed by atoms with van der Waals surface area (Å²) in [6.07, 6.45) is 1.29. The molecular formula is C18H23NO3. The van der Waals surface area contributed by atoms with Crippen molar-refractivity contribution in [1.29, 1.82) is 0 Å². The van der Waals surface area contributed by atoms with Crippen LogP contribution in [0.25, 0.3) is 0 Å². The van der Waals surface area contributed by atoms with Gasteiger partial charge in [-0.15, -0.1) is 0 Å². The van der Waals surface area contributed by atoms with E-state index < -0.39 is 6.10 Å². The maximum Gasteiger partial charge on any atom is 0.115 e. The van der Waals surface area contributed by atoms with Crippen LogP contribution in [0.3, 0.4) is 0 Å². The molecule has 0 aliphatic carbocycles. The normalized spacial score (nSPS) is 13.7. The standard InChI is InChI=1S/C18H23NO3/c1-13(2-3-14-4-8-16(20)9-5-14)19-12-18(22)15-6-10-17(21)11-7-15/h4-11,13,18-22H,2-3,12H2,1H3/t13-,18+/m0/s1. The molecule has 0 aliphatic heterocycles. The molecule has 2 aromatic rings. The first-order valence-electron chi connectivity index (χ1n) is 7.53. The monoisotopic (exact) mass is 301 g/mol. The van der Waals surface area contributed by atoms with E-state index in [9.17, 15) is 15.3 Å². The van der Waals surface area contributed by atoms with E-state index in [1.165, 1.54) is 5.56 Å². The molecule has 0 amide bonds. The van der Waals surface area contributed by atoms with Crippen LogP contribution in [0.4, 0.5) is 0 Å². The third-order valence-corrected chi connectivity index (χ3v) is 3.74. The molecule has 0 bridgehead atoms. The predicted octanol–water partition coefficient (Wildman–Crippen LogP) is 2.74. The van der Waals surface area contributed by atoms with Gasteiger partial charge in [-0.1, -0.05) is 24.3 Å². The molecule has 0 spiro atoms. The van der Waals surface area contributed by atoms with Crippen molar-refractivity contribution in [3.63, 3.8) is 0 Å². The Hall–Kier alpha value is -2.04. The molecule has 0 unspecified atom stereocenters. The van der Waals surface area contributed by atoms with E-state index in [1.54, 1.807) is 36.4 Å². The molecule has 2 aromatic carbocycles. The summed E-state index contributed by atoms with van der Waals surface area (Å²) in [5, 5.41) is 31.9. The smallest absolute Gasteiger partial charge is 0.115 e. The van der Waals surface area contributed by atoms with Crippen molar-refractivity contribution in [2.45, 2.75) is 31.9 Å². The van der Waals surface area contributed by atoms with Gasteiger partial charge < -0.3 is 20.6 Å². The number of hydrogen-bond acceptors (Lipinski definition) is 4. The fourth-order valence-electron chi connectivity index (χ4n) is 2.27. The number of aliphatic hydroxyl groups excluding tert-OH is 1. The van der Waals surface area contributed by atoms with Gasteiger partial charge in [0.25, 0.3) is 0 Å².